The maximum atomic E-state index is 12.7. The first kappa shape index (κ1) is 16.5. The number of fused-ring (bicyclic) bond motifs is 1. The van der Waals surface area contributed by atoms with Gasteiger partial charge < -0.3 is 15.4 Å². The SMILES string of the molecule is N[C@@H]1CCN2C(=O)N(c3ccc(C4(CN5CCOCC5)CC4)cc3)C[C@H]12. The highest BCUT2D eigenvalue weighted by Gasteiger charge is 2.47. The molecule has 6 nitrogen and oxygen atoms in total. The highest BCUT2D eigenvalue weighted by atomic mass is 16.5. The van der Waals surface area contributed by atoms with Crippen LogP contribution in [0, 0.1) is 0 Å². The average Bonchev–Trinajstić information content (AvgIpc) is 3.24. The monoisotopic (exact) mass is 356 g/mol. The number of hydrogen-bond acceptors (Lipinski definition) is 4. The summed E-state index contributed by atoms with van der Waals surface area (Å²) in [6, 6.07) is 9.13. The van der Waals surface area contributed by atoms with E-state index in [1.165, 1.54) is 18.4 Å². The van der Waals surface area contributed by atoms with E-state index >= 15 is 0 Å². The molecule has 3 heterocycles. The molecule has 1 aliphatic carbocycles. The average molecular weight is 356 g/mol. The fourth-order valence-electron chi connectivity index (χ4n) is 4.86. The predicted molar refractivity (Wildman–Crippen MR) is 100 cm³/mol. The van der Waals surface area contributed by atoms with Gasteiger partial charge in [-0.1, -0.05) is 12.1 Å². The second-order valence-electron chi connectivity index (χ2n) is 8.32. The van der Waals surface area contributed by atoms with E-state index in [1.807, 2.05) is 9.80 Å². The molecule has 140 valence electrons. The highest BCUT2D eigenvalue weighted by Crippen LogP contribution is 2.49. The van der Waals surface area contributed by atoms with Crippen molar-refractivity contribution in [1.29, 1.82) is 0 Å². The number of urea groups is 1. The van der Waals surface area contributed by atoms with Crippen molar-refractivity contribution < 1.29 is 9.53 Å². The van der Waals surface area contributed by atoms with E-state index in [1.54, 1.807) is 0 Å². The molecule has 5 rings (SSSR count). The Morgan fingerprint density at radius 2 is 1.85 bits per heavy atom. The summed E-state index contributed by atoms with van der Waals surface area (Å²) < 4.78 is 5.47. The van der Waals surface area contributed by atoms with E-state index in [9.17, 15) is 4.79 Å². The first-order chi connectivity index (χ1) is 12.7. The van der Waals surface area contributed by atoms with Gasteiger partial charge in [-0.05, 0) is 37.0 Å². The van der Waals surface area contributed by atoms with Crippen LogP contribution < -0.4 is 10.6 Å². The van der Waals surface area contributed by atoms with E-state index in [4.69, 9.17) is 10.5 Å². The van der Waals surface area contributed by atoms with Crippen LogP contribution in [0.2, 0.25) is 0 Å². The summed E-state index contributed by atoms with van der Waals surface area (Å²) in [6.07, 6.45) is 3.45. The van der Waals surface area contributed by atoms with E-state index in [0.29, 0.717) is 5.41 Å². The summed E-state index contributed by atoms with van der Waals surface area (Å²) >= 11 is 0. The Morgan fingerprint density at radius 3 is 2.50 bits per heavy atom. The second kappa shape index (κ2) is 6.22. The molecule has 0 spiro atoms. The van der Waals surface area contributed by atoms with Crippen LogP contribution >= 0.6 is 0 Å². The first-order valence-electron chi connectivity index (χ1n) is 9.91. The zero-order chi connectivity index (χ0) is 17.7. The van der Waals surface area contributed by atoms with Crippen molar-refractivity contribution in [1.82, 2.24) is 9.80 Å². The molecule has 6 heteroatoms. The van der Waals surface area contributed by atoms with Crippen LogP contribution in [0.15, 0.2) is 24.3 Å². The number of ether oxygens (including phenoxy) is 1. The van der Waals surface area contributed by atoms with Crippen LogP contribution in [0.5, 0.6) is 0 Å². The molecule has 1 aromatic rings. The molecule has 4 aliphatic rings. The largest absolute Gasteiger partial charge is 0.379 e. The van der Waals surface area contributed by atoms with Crippen LogP contribution in [-0.2, 0) is 10.2 Å². The molecular weight excluding hydrogens is 328 g/mol. The van der Waals surface area contributed by atoms with E-state index < -0.39 is 0 Å². The third-order valence-corrected chi connectivity index (χ3v) is 6.72. The maximum absolute atomic E-state index is 12.7. The van der Waals surface area contributed by atoms with Crippen LogP contribution in [-0.4, -0.2) is 73.9 Å². The van der Waals surface area contributed by atoms with Crippen molar-refractivity contribution in [2.75, 3.05) is 50.8 Å². The van der Waals surface area contributed by atoms with Crippen LogP contribution in [0.3, 0.4) is 0 Å². The Balaban J connectivity index is 1.30. The van der Waals surface area contributed by atoms with Crippen molar-refractivity contribution in [3.05, 3.63) is 29.8 Å². The second-order valence-corrected chi connectivity index (χ2v) is 8.32. The van der Waals surface area contributed by atoms with Gasteiger partial charge in [-0.25, -0.2) is 4.79 Å². The lowest BCUT2D eigenvalue weighted by molar-refractivity contribution is 0.0336. The maximum Gasteiger partial charge on any atom is 0.324 e. The standard InChI is InChI=1S/C20H28N4O2/c21-17-5-8-23-18(17)13-24(19(23)25)16-3-1-15(2-4-16)20(6-7-20)14-22-9-11-26-12-10-22/h1-4,17-18H,5-14,21H2/t17-,18-/m1/s1. The van der Waals surface area contributed by atoms with Gasteiger partial charge in [0.2, 0.25) is 0 Å². The van der Waals surface area contributed by atoms with Crippen LogP contribution in [0.1, 0.15) is 24.8 Å². The Hall–Kier alpha value is -1.63. The number of carbonyl (C=O) groups is 1. The fraction of sp³-hybridized carbons (Fsp3) is 0.650. The fourth-order valence-corrected chi connectivity index (χ4v) is 4.86. The summed E-state index contributed by atoms with van der Waals surface area (Å²) in [7, 11) is 0. The smallest absolute Gasteiger partial charge is 0.324 e. The van der Waals surface area contributed by atoms with Gasteiger partial charge in [-0.2, -0.15) is 0 Å². The molecule has 2 atom stereocenters. The van der Waals surface area contributed by atoms with Gasteiger partial charge in [-0.3, -0.25) is 9.80 Å². The lowest BCUT2D eigenvalue weighted by Crippen LogP contribution is -2.41. The minimum atomic E-state index is 0.116. The molecule has 1 aromatic carbocycles. The number of nitrogens with zero attached hydrogens (tertiary/aromatic N) is 3. The number of carbonyl (C=O) groups excluding carboxylic acids is 1. The van der Waals surface area contributed by atoms with Crippen LogP contribution in [0.4, 0.5) is 10.5 Å². The number of morpholine rings is 1. The third-order valence-electron chi connectivity index (χ3n) is 6.72. The van der Waals surface area contributed by atoms with Gasteiger partial charge in [-0.15, -0.1) is 0 Å². The van der Waals surface area contributed by atoms with Gasteiger partial charge >= 0.3 is 6.03 Å². The van der Waals surface area contributed by atoms with Crippen molar-refractivity contribution in [3.8, 4) is 0 Å². The van der Waals surface area contributed by atoms with E-state index in [-0.39, 0.29) is 18.1 Å². The number of nitrogens with two attached hydrogens (primary N) is 1. The molecule has 0 bridgehead atoms. The lowest BCUT2D eigenvalue weighted by Gasteiger charge is -2.31. The molecule has 1 saturated carbocycles. The molecule has 3 saturated heterocycles. The van der Waals surface area contributed by atoms with Gasteiger partial charge in [0.1, 0.15) is 0 Å². The Kier molecular flexibility index (Phi) is 3.95. The number of rotatable bonds is 4. The molecule has 2 amide bonds. The summed E-state index contributed by atoms with van der Waals surface area (Å²) in [5, 5.41) is 0. The zero-order valence-corrected chi connectivity index (χ0v) is 15.3. The number of anilines is 1. The van der Waals surface area contributed by atoms with Crippen LogP contribution in [0.25, 0.3) is 0 Å². The van der Waals surface area contributed by atoms with Crippen molar-refractivity contribution in [2.24, 2.45) is 5.73 Å². The van der Waals surface area contributed by atoms with Gasteiger partial charge in [0.15, 0.2) is 0 Å². The lowest BCUT2D eigenvalue weighted by atomic mass is 9.94. The summed E-state index contributed by atoms with van der Waals surface area (Å²) in [5.74, 6) is 0. The zero-order valence-electron chi connectivity index (χ0n) is 15.3. The summed E-state index contributed by atoms with van der Waals surface area (Å²) in [6.45, 7) is 6.43. The molecular formula is C20H28N4O2. The van der Waals surface area contributed by atoms with Crippen molar-refractivity contribution in [2.45, 2.75) is 36.8 Å². The minimum absolute atomic E-state index is 0.116. The van der Waals surface area contributed by atoms with Gasteiger partial charge in [0.05, 0.1) is 19.3 Å². The molecule has 2 N–H and O–H groups in total. The molecule has 26 heavy (non-hydrogen) atoms. The van der Waals surface area contributed by atoms with Gasteiger partial charge in [0.25, 0.3) is 0 Å². The van der Waals surface area contributed by atoms with Gasteiger partial charge in [0, 0.05) is 49.9 Å². The summed E-state index contributed by atoms with van der Waals surface area (Å²) in [4.78, 5) is 19.0. The molecule has 0 unspecified atom stereocenters. The Bertz CT molecular complexity index is 682. The van der Waals surface area contributed by atoms with Crippen molar-refractivity contribution in [3.63, 3.8) is 0 Å². The topological polar surface area (TPSA) is 62.0 Å². The highest BCUT2D eigenvalue weighted by molar-refractivity contribution is 5.95. The Morgan fingerprint density at radius 1 is 1.12 bits per heavy atom. The minimum Gasteiger partial charge on any atom is -0.379 e. The third kappa shape index (κ3) is 2.71. The number of benzene rings is 1. The predicted octanol–water partition coefficient (Wildman–Crippen LogP) is 1.39. The molecule has 4 fully saturated rings. The quantitative estimate of drug-likeness (QED) is 0.886. The summed E-state index contributed by atoms with van der Waals surface area (Å²) in [5.41, 5.74) is 8.90. The van der Waals surface area contributed by atoms with E-state index in [2.05, 4.69) is 29.2 Å². The number of amides is 2. The Labute approximate surface area is 154 Å². The van der Waals surface area contributed by atoms with E-state index in [0.717, 1.165) is 58.0 Å². The molecule has 0 aromatic heterocycles. The molecule has 0 radical (unpaired) electrons. The molecule has 3 aliphatic heterocycles. The number of hydrogen-bond donors (Lipinski definition) is 1. The van der Waals surface area contributed by atoms with Crippen molar-refractivity contribution >= 4 is 11.7 Å². The first-order valence-corrected chi connectivity index (χ1v) is 9.91. The normalized spacial score (nSPS) is 30.7.